The molecule has 3 rings (SSSR count). The van der Waals surface area contributed by atoms with Gasteiger partial charge in [-0.1, -0.05) is 30.3 Å². The molecule has 1 N–H and O–H groups in total. The van der Waals surface area contributed by atoms with E-state index in [-0.39, 0.29) is 0 Å². The van der Waals surface area contributed by atoms with Crippen molar-refractivity contribution in [3.63, 3.8) is 0 Å². The van der Waals surface area contributed by atoms with E-state index in [1.807, 2.05) is 42.5 Å². The summed E-state index contributed by atoms with van der Waals surface area (Å²) in [5, 5.41) is 20.5. The number of nitrogens with zero attached hydrogens (tertiary/aromatic N) is 1. The largest absolute Gasteiger partial charge is 0.387 e. The van der Waals surface area contributed by atoms with Crippen LogP contribution in [0.2, 0.25) is 0 Å². The van der Waals surface area contributed by atoms with E-state index in [2.05, 4.69) is 37.9 Å². The maximum Gasteiger partial charge on any atom is 0.0983 e. The highest BCUT2D eigenvalue weighted by Crippen LogP contribution is 2.46. The number of fused-ring (bicyclic) bond motifs is 1. The highest BCUT2D eigenvalue weighted by molar-refractivity contribution is 9.13. The molecule has 0 saturated heterocycles. The lowest BCUT2D eigenvalue weighted by atomic mass is 9.77. The molecule has 0 radical (unpaired) electrons. The summed E-state index contributed by atoms with van der Waals surface area (Å²) in [7, 11) is 0. The fourth-order valence-corrected chi connectivity index (χ4v) is 3.62. The first-order chi connectivity index (χ1) is 10.1. The molecule has 0 saturated carbocycles. The molecule has 0 bridgehead atoms. The molecule has 0 aromatic heterocycles. The van der Waals surface area contributed by atoms with Crippen LogP contribution in [0.3, 0.4) is 0 Å². The molecule has 1 unspecified atom stereocenters. The number of hydrogen-bond donors (Lipinski definition) is 1. The standard InChI is InChI=1S/C17H13Br2NO/c18-14-6-5-11(7-15(14)19)16(21)17(10-20)8-12-3-1-2-4-13(12)9-17/h1-7,16,21H,8-9H2. The minimum Gasteiger partial charge on any atom is -0.387 e. The van der Waals surface area contributed by atoms with Gasteiger partial charge in [0, 0.05) is 8.95 Å². The number of benzene rings is 2. The summed E-state index contributed by atoms with van der Waals surface area (Å²) in [6.45, 7) is 0. The SMILES string of the molecule is N#CC1(C(O)c2ccc(Br)c(Br)c2)Cc2ccccc2C1. The van der Waals surface area contributed by atoms with Crippen molar-refractivity contribution in [2.45, 2.75) is 18.9 Å². The van der Waals surface area contributed by atoms with Crippen molar-refractivity contribution in [2.75, 3.05) is 0 Å². The van der Waals surface area contributed by atoms with Gasteiger partial charge in [-0.2, -0.15) is 5.26 Å². The zero-order chi connectivity index (χ0) is 15.0. The van der Waals surface area contributed by atoms with Gasteiger partial charge < -0.3 is 5.11 Å². The van der Waals surface area contributed by atoms with Gasteiger partial charge in [-0.3, -0.25) is 0 Å². The van der Waals surface area contributed by atoms with Crippen LogP contribution < -0.4 is 0 Å². The second-order valence-corrected chi connectivity index (χ2v) is 7.17. The number of hydrogen-bond acceptors (Lipinski definition) is 2. The first-order valence-electron chi connectivity index (χ1n) is 6.67. The van der Waals surface area contributed by atoms with E-state index in [1.54, 1.807) is 0 Å². The number of halogens is 2. The fourth-order valence-electron chi connectivity index (χ4n) is 2.98. The predicted molar refractivity (Wildman–Crippen MR) is 88.7 cm³/mol. The number of rotatable bonds is 2. The van der Waals surface area contributed by atoms with Gasteiger partial charge in [-0.15, -0.1) is 0 Å². The van der Waals surface area contributed by atoms with E-state index in [0.29, 0.717) is 12.8 Å². The summed E-state index contributed by atoms with van der Waals surface area (Å²) in [6, 6.07) is 16.0. The van der Waals surface area contributed by atoms with Gasteiger partial charge in [0.1, 0.15) is 0 Å². The third-order valence-electron chi connectivity index (χ3n) is 4.14. The lowest BCUT2D eigenvalue weighted by Crippen LogP contribution is -2.28. The molecule has 1 aliphatic rings. The molecule has 2 nitrogen and oxygen atoms in total. The van der Waals surface area contributed by atoms with E-state index < -0.39 is 11.5 Å². The summed E-state index contributed by atoms with van der Waals surface area (Å²) in [5.41, 5.74) is 2.31. The molecular formula is C17H13Br2NO. The van der Waals surface area contributed by atoms with E-state index in [0.717, 1.165) is 25.6 Å². The predicted octanol–water partition coefficient (Wildman–Crippen LogP) is 4.55. The number of aliphatic hydroxyl groups excluding tert-OH is 1. The number of aliphatic hydroxyl groups is 1. The van der Waals surface area contributed by atoms with Crippen LogP contribution in [0.4, 0.5) is 0 Å². The summed E-state index contributed by atoms with van der Waals surface area (Å²) in [5.74, 6) is 0. The molecule has 1 aliphatic carbocycles. The lowest BCUT2D eigenvalue weighted by molar-refractivity contribution is 0.0693. The Hall–Kier alpha value is -1.15. The van der Waals surface area contributed by atoms with Crippen molar-refractivity contribution in [3.8, 4) is 6.07 Å². The quantitative estimate of drug-likeness (QED) is 0.794. The molecule has 0 fully saturated rings. The van der Waals surface area contributed by atoms with Crippen molar-refractivity contribution in [1.29, 1.82) is 5.26 Å². The third kappa shape index (κ3) is 2.55. The van der Waals surface area contributed by atoms with Gasteiger partial charge in [-0.05, 0) is 73.5 Å². The second-order valence-electron chi connectivity index (χ2n) is 5.47. The van der Waals surface area contributed by atoms with Gasteiger partial charge in [0.15, 0.2) is 0 Å². The molecule has 2 aromatic rings. The average molecular weight is 407 g/mol. The zero-order valence-corrected chi connectivity index (χ0v) is 14.4. The maximum atomic E-state index is 10.8. The summed E-state index contributed by atoms with van der Waals surface area (Å²) in [6.07, 6.45) is 0.377. The molecule has 0 aliphatic heterocycles. The van der Waals surface area contributed by atoms with Crippen molar-refractivity contribution >= 4 is 31.9 Å². The smallest absolute Gasteiger partial charge is 0.0983 e. The molecule has 2 aromatic carbocycles. The fraction of sp³-hybridized carbons (Fsp3) is 0.235. The Balaban J connectivity index is 1.98. The van der Waals surface area contributed by atoms with Gasteiger partial charge >= 0.3 is 0 Å². The van der Waals surface area contributed by atoms with Crippen molar-refractivity contribution in [2.24, 2.45) is 5.41 Å². The van der Waals surface area contributed by atoms with Gasteiger partial charge in [-0.25, -0.2) is 0 Å². The highest BCUT2D eigenvalue weighted by atomic mass is 79.9. The van der Waals surface area contributed by atoms with Crippen LogP contribution in [0.15, 0.2) is 51.4 Å². The summed E-state index contributed by atoms with van der Waals surface area (Å²) in [4.78, 5) is 0. The summed E-state index contributed by atoms with van der Waals surface area (Å²) < 4.78 is 1.81. The van der Waals surface area contributed by atoms with Crippen molar-refractivity contribution in [1.82, 2.24) is 0 Å². The van der Waals surface area contributed by atoms with Gasteiger partial charge in [0.05, 0.1) is 17.6 Å². The van der Waals surface area contributed by atoms with Crippen LogP contribution >= 0.6 is 31.9 Å². The molecular weight excluding hydrogens is 394 g/mol. The Morgan fingerprint density at radius 1 is 1.05 bits per heavy atom. The molecule has 0 spiro atoms. The van der Waals surface area contributed by atoms with Crippen molar-refractivity contribution in [3.05, 3.63) is 68.1 Å². The monoisotopic (exact) mass is 405 g/mol. The molecule has 1 atom stereocenters. The molecule has 106 valence electrons. The van der Waals surface area contributed by atoms with Gasteiger partial charge in [0.25, 0.3) is 0 Å². The Labute approximate surface area is 140 Å². The van der Waals surface area contributed by atoms with Crippen LogP contribution in [0, 0.1) is 16.7 Å². The molecule has 21 heavy (non-hydrogen) atoms. The van der Waals surface area contributed by atoms with Crippen LogP contribution in [-0.4, -0.2) is 5.11 Å². The Morgan fingerprint density at radius 2 is 1.67 bits per heavy atom. The van der Waals surface area contributed by atoms with E-state index >= 15 is 0 Å². The van der Waals surface area contributed by atoms with Crippen LogP contribution in [0.1, 0.15) is 22.8 Å². The van der Waals surface area contributed by atoms with Crippen molar-refractivity contribution < 1.29 is 5.11 Å². The lowest BCUT2D eigenvalue weighted by Gasteiger charge is -2.27. The summed E-state index contributed by atoms with van der Waals surface area (Å²) >= 11 is 6.87. The van der Waals surface area contributed by atoms with E-state index in [9.17, 15) is 10.4 Å². The Morgan fingerprint density at radius 3 is 2.19 bits per heavy atom. The first-order valence-corrected chi connectivity index (χ1v) is 8.25. The normalized spacial score (nSPS) is 17.0. The average Bonchev–Trinajstić information content (AvgIpc) is 2.89. The van der Waals surface area contributed by atoms with Crippen LogP contribution in [0.25, 0.3) is 0 Å². The van der Waals surface area contributed by atoms with E-state index in [1.165, 1.54) is 0 Å². The van der Waals surface area contributed by atoms with Crippen LogP contribution in [0.5, 0.6) is 0 Å². The van der Waals surface area contributed by atoms with E-state index in [4.69, 9.17) is 0 Å². The second kappa shape index (κ2) is 5.57. The Bertz CT molecular complexity index is 711. The molecule has 0 heterocycles. The molecule has 4 heteroatoms. The topological polar surface area (TPSA) is 44.0 Å². The molecule has 0 amide bonds. The minimum atomic E-state index is -0.806. The van der Waals surface area contributed by atoms with Crippen LogP contribution in [-0.2, 0) is 12.8 Å². The number of nitriles is 1. The highest BCUT2D eigenvalue weighted by Gasteiger charge is 2.44. The third-order valence-corrected chi connectivity index (χ3v) is 6.02. The Kier molecular flexibility index (Phi) is 3.92. The maximum absolute atomic E-state index is 10.8. The van der Waals surface area contributed by atoms with Gasteiger partial charge in [0.2, 0.25) is 0 Å². The minimum absolute atomic E-state index is 0.592. The first kappa shape index (κ1) is 14.8. The zero-order valence-electron chi connectivity index (χ0n) is 11.2.